The normalized spacial score (nSPS) is 22.8. The third kappa shape index (κ3) is 5.42. The molecule has 5 rings (SSSR count). The molecule has 0 aliphatic carbocycles. The van der Waals surface area contributed by atoms with Crippen molar-refractivity contribution in [1.29, 1.82) is 0 Å². The van der Waals surface area contributed by atoms with E-state index in [1.807, 2.05) is 42.5 Å². The lowest BCUT2D eigenvalue weighted by atomic mass is 9.85. The van der Waals surface area contributed by atoms with Gasteiger partial charge in [-0.2, -0.15) is 0 Å². The number of hydrogen-bond acceptors (Lipinski definition) is 9. The highest BCUT2D eigenvalue weighted by Gasteiger charge is 2.51. The molecule has 4 aromatic rings. The molecular formula is C31H30O9. The molecule has 0 aromatic heterocycles. The standard InChI is InChI=1S/C31H30O9/c1-16(32)14-24-26(15-36-17(2)33)40-31(30(38-19(4)35)29(24)37-18(3)34)39-25-13-11-22-9-8-20-6-5-7-21-10-12-23(25)28(22)27(20)21/h5-13,24,26,29-31H,14-15H2,1-4H3. The summed E-state index contributed by atoms with van der Waals surface area (Å²) < 4.78 is 29.1. The second-order valence-electron chi connectivity index (χ2n) is 10.1. The molecule has 0 spiro atoms. The predicted octanol–water partition coefficient (Wildman–Crippen LogP) is 4.71. The van der Waals surface area contributed by atoms with Crippen LogP contribution in [-0.4, -0.2) is 54.9 Å². The number of hydrogen-bond donors (Lipinski definition) is 0. The van der Waals surface area contributed by atoms with Crippen molar-refractivity contribution in [2.75, 3.05) is 6.61 Å². The third-order valence-electron chi connectivity index (χ3n) is 7.11. The quantitative estimate of drug-likeness (QED) is 0.176. The summed E-state index contributed by atoms with van der Waals surface area (Å²) in [6.45, 7) is 4.89. The van der Waals surface area contributed by atoms with Crippen molar-refractivity contribution >= 4 is 56.0 Å². The topological polar surface area (TPSA) is 114 Å². The first-order chi connectivity index (χ1) is 19.1. The van der Waals surface area contributed by atoms with Crippen LogP contribution in [0.5, 0.6) is 5.75 Å². The Bertz CT molecular complexity index is 1580. The zero-order valence-corrected chi connectivity index (χ0v) is 22.7. The maximum absolute atomic E-state index is 12.2. The van der Waals surface area contributed by atoms with Crippen molar-refractivity contribution in [2.24, 2.45) is 5.92 Å². The molecule has 1 fully saturated rings. The Morgan fingerprint density at radius 1 is 0.725 bits per heavy atom. The number of esters is 3. The molecule has 1 heterocycles. The summed E-state index contributed by atoms with van der Waals surface area (Å²) in [5.41, 5.74) is 0. The molecule has 208 valence electrons. The van der Waals surface area contributed by atoms with Crippen LogP contribution in [0.25, 0.3) is 32.3 Å². The van der Waals surface area contributed by atoms with Gasteiger partial charge in [-0.1, -0.05) is 42.5 Å². The van der Waals surface area contributed by atoms with E-state index in [9.17, 15) is 19.2 Å². The van der Waals surface area contributed by atoms with Gasteiger partial charge >= 0.3 is 17.9 Å². The van der Waals surface area contributed by atoms with Crippen molar-refractivity contribution in [2.45, 2.75) is 58.7 Å². The van der Waals surface area contributed by atoms with Crippen LogP contribution >= 0.6 is 0 Å². The average Bonchev–Trinajstić information content (AvgIpc) is 2.89. The van der Waals surface area contributed by atoms with E-state index in [4.69, 9.17) is 23.7 Å². The van der Waals surface area contributed by atoms with Gasteiger partial charge in [0.25, 0.3) is 0 Å². The van der Waals surface area contributed by atoms with Crippen LogP contribution in [0, 0.1) is 5.92 Å². The Morgan fingerprint density at radius 3 is 1.95 bits per heavy atom. The van der Waals surface area contributed by atoms with E-state index in [0.29, 0.717) is 5.75 Å². The summed E-state index contributed by atoms with van der Waals surface area (Å²) in [6.07, 6.45) is -4.47. The molecule has 1 saturated heterocycles. The average molecular weight is 547 g/mol. The maximum Gasteiger partial charge on any atom is 0.303 e. The molecule has 40 heavy (non-hydrogen) atoms. The number of carbonyl (C=O) groups excluding carboxylic acids is 4. The highest BCUT2D eigenvalue weighted by Crippen LogP contribution is 2.41. The minimum Gasteiger partial charge on any atom is -0.463 e. The summed E-state index contributed by atoms with van der Waals surface area (Å²) in [6, 6.07) is 17.9. The van der Waals surface area contributed by atoms with Crippen LogP contribution in [0.1, 0.15) is 34.1 Å². The highest BCUT2D eigenvalue weighted by atomic mass is 16.7. The van der Waals surface area contributed by atoms with Gasteiger partial charge in [0.05, 0.1) is 0 Å². The minimum absolute atomic E-state index is 0.0624. The first-order valence-electron chi connectivity index (χ1n) is 13.1. The van der Waals surface area contributed by atoms with Gasteiger partial charge in [0.2, 0.25) is 12.4 Å². The van der Waals surface area contributed by atoms with E-state index in [2.05, 4.69) is 6.07 Å². The largest absolute Gasteiger partial charge is 0.463 e. The lowest BCUT2D eigenvalue weighted by molar-refractivity contribution is -0.274. The molecular weight excluding hydrogens is 516 g/mol. The molecule has 0 radical (unpaired) electrons. The summed E-state index contributed by atoms with van der Waals surface area (Å²) >= 11 is 0. The molecule has 9 heteroatoms. The zero-order chi connectivity index (χ0) is 28.6. The van der Waals surface area contributed by atoms with Crippen molar-refractivity contribution in [1.82, 2.24) is 0 Å². The number of ether oxygens (including phenoxy) is 5. The van der Waals surface area contributed by atoms with Crippen LogP contribution < -0.4 is 4.74 Å². The second-order valence-corrected chi connectivity index (χ2v) is 10.1. The first kappa shape index (κ1) is 27.3. The van der Waals surface area contributed by atoms with E-state index in [1.165, 1.54) is 27.7 Å². The molecule has 4 aromatic carbocycles. The Hall–Kier alpha value is -4.24. The fourth-order valence-corrected chi connectivity index (χ4v) is 5.59. The minimum atomic E-state index is -1.24. The van der Waals surface area contributed by atoms with Gasteiger partial charge in [-0.15, -0.1) is 0 Å². The van der Waals surface area contributed by atoms with Gasteiger partial charge in [-0.3, -0.25) is 14.4 Å². The van der Waals surface area contributed by atoms with Crippen LogP contribution in [0.15, 0.2) is 54.6 Å². The molecule has 9 nitrogen and oxygen atoms in total. The molecule has 5 unspecified atom stereocenters. The summed E-state index contributed by atoms with van der Waals surface area (Å²) in [7, 11) is 0. The summed E-state index contributed by atoms with van der Waals surface area (Å²) in [5.74, 6) is -2.32. The van der Waals surface area contributed by atoms with Gasteiger partial charge in [0.1, 0.15) is 24.2 Å². The fourth-order valence-electron chi connectivity index (χ4n) is 5.59. The summed E-state index contributed by atoms with van der Waals surface area (Å²) in [5, 5.41) is 6.12. The number of benzene rings is 4. The Labute approximate surface area is 230 Å². The van der Waals surface area contributed by atoms with Crippen LogP contribution in [0.2, 0.25) is 0 Å². The predicted molar refractivity (Wildman–Crippen MR) is 146 cm³/mol. The Morgan fingerprint density at radius 2 is 1.32 bits per heavy atom. The van der Waals surface area contributed by atoms with Gasteiger partial charge in [-0.25, -0.2) is 0 Å². The summed E-state index contributed by atoms with van der Waals surface area (Å²) in [4.78, 5) is 48.2. The fraction of sp³-hybridized carbons (Fsp3) is 0.355. The Balaban J connectivity index is 1.60. The molecule has 1 aliphatic rings. The monoisotopic (exact) mass is 546 g/mol. The lowest BCUT2D eigenvalue weighted by Gasteiger charge is -2.44. The molecule has 1 aliphatic heterocycles. The smallest absolute Gasteiger partial charge is 0.303 e. The van der Waals surface area contributed by atoms with Crippen molar-refractivity contribution < 1.29 is 42.9 Å². The van der Waals surface area contributed by atoms with Crippen LogP contribution in [0.3, 0.4) is 0 Å². The highest BCUT2D eigenvalue weighted by molar-refractivity contribution is 6.24. The SMILES string of the molecule is CC(=O)CC1C(COC(C)=O)OC(Oc2ccc3ccc4cccc5ccc2c3c45)C(OC(C)=O)C1OC(C)=O. The lowest BCUT2D eigenvalue weighted by Crippen LogP contribution is -2.60. The van der Waals surface area contributed by atoms with Crippen LogP contribution in [0.4, 0.5) is 0 Å². The van der Waals surface area contributed by atoms with Gasteiger partial charge < -0.3 is 28.5 Å². The van der Waals surface area contributed by atoms with E-state index in [0.717, 1.165) is 32.3 Å². The van der Waals surface area contributed by atoms with Crippen molar-refractivity contribution in [3.05, 3.63) is 54.6 Å². The van der Waals surface area contributed by atoms with Gasteiger partial charge in [0, 0.05) is 43.9 Å². The van der Waals surface area contributed by atoms with Crippen molar-refractivity contribution in [3.63, 3.8) is 0 Å². The number of carbonyl (C=O) groups is 4. The molecule has 0 amide bonds. The van der Waals surface area contributed by atoms with E-state index in [-0.39, 0.29) is 18.8 Å². The van der Waals surface area contributed by atoms with Gasteiger partial charge in [-0.05, 0) is 40.6 Å². The molecule has 0 N–H and O–H groups in total. The van der Waals surface area contributed by atoms with E-state index >= 15 is 0 Å². The van der Waals surface area contributed by atoms with E-state index in [1.54, 1.807) is 6.07 Å². The van der Waals surface area contributed by atoms with Gasteiger partial charge in [0.15, 0.2) is 6.10 Å². The zero-order valence-electron chi connectivity index (χ0n) is 22.7. The third-order valence-corrected chi connectivity index (χ3v) is 7.11. The van der Waals surface area contributed by atoms with E-state index < -0.39 is 48.4 Å². The molecule has 0 saturated carbocycles. The first-order valence-corrected chi connectivity index (χ1v) is 13.1. The Kier molecular flexibility index (Phi) is 7.58. The maximum atomic E-state index is 12.2. The number of rotatable bonds is 8. The number of ketones is 1. The second kappa shape index (κ2) is 11.1. The molecule has 0 bridgehead atoms. The van der Waals surface area contributed by atoms with Crippen molar-refractivity contribution in [3.8, 4) is 5.75 Å². The van der Waals surface area contributed by atoms with Crippen LogP contribution in [-0.2, 0) is 38.1 Å². The number of Topliss-reactive ketones (excluding diaryl/α,β-unsaturated/α-hetero) is 1. The molecule has 5 atom stereocenters.